The zero-order valence-corrected chi connectivity index (χ0v) is 17.7. The van der Waals surface area contributed by atoms with Crippen molar-refractivity contribution in [2.24, 2.45) is 0 Å². The Morgan fingerprint density at radius 1 is 0.846 bits per heavy atom. The highest BCUT2D eigenvalue weighted by Gasteiger charge is 2.39. The summed E-state index contributed by atoms with van der Waals surface area (Å²) in [5.41, 5.74) is 1.17. The molecule has 0 heterocycles. The molecule has 0 saturated carbocycles. The van der Waals surface area contributed by atoms with E-state index in [1.807, 2.05) is 48.5 Å². The predicted molar refractivity (Wildman–Crippen MR) is 110 cm³/mol. The lowest BCUT2D eigenvalue weighted by atomic mass is 10.2. The van der Waals surface area contributed by atoms with Gasteiger partial charge in [-0.15, -0.1) is 0 Å². The first kappa shape index (κ1) is 20.7. The number of hydrogen-bond donors (Lipinski definition) is 0. The minimum Gasteiger partial charge on any atom is -0.491 e. The molecule has 0 N–H and O–H groups in total. The zero-order chi connectivity index (χ0) is 19.0. The first-order chi connectivity index (χ1) is 12.3. The highest BCUT2D eigenvalue weighted by atomic mass is 28.4. The quantitative estimate of drug-likeness (QED) is 0.531. The molecule has 0 saturated heterocycles. The van der Waals surface area contributed by atoms with Crippen LogP contribution in [-0.4, -0.2) is 27.6 Å². The fourth-order valence-corrected chi connectivity index (χ4v) is 3.62. The molecule has 0 aromatic heterocycles. The van der Waals surface area contributed by atoms with Crippen molar-refractivity contribution in [1.82, 2.24) is 0 Å². The minimum atomic E-state index is -1.90. The molecule has 0 bridgehead atoms. The van der Waals surface area contributed by atoms with Crippen LogP contribution in [0.2, 0.25) is 18.1 Å². The molecule has 0 amide bonds. The Balaban J connectivity index is 1.95. The van der Waals surface area contributed by atoms with Crippen molar-refractivity contribution in [3.63, 3.8) is 0 Å². The maximum absolute atomic E-state index is 6.55. The normalized spacial score (nSPS) is 13.4. The number of para-hydroxylation sites is 1. The zero-order valence-electron chi connectivity index (χ0n) is 16.7. The third-order valence-electron chi connectivity index (χ3n) is 4.86. The lowest BCUT2D eigenvalue weighted by Crippen LogP contribution is -2.46. The summed E-state index contributed by atoms with van der Waals surface area (Å²) in [5.74, 6) is 0.861. The monoisotopic (exact) mass is 372 g/mol. The largest absolute Gasteiger partial charge is 0.491 e. The third-order valence-corrected chi connectivity index (χ3v) is 9.40. The van der Waals surface area contributed by atoms with E-state index in [9.17, 15) is 0 Å². The highest BCUT2D eigenvalue weighted by Crippen LogP contribution is 2.37. The second kappa shape index (κ2) is 9.35. The van der Waals surface area contributed by atoms with E-state index in [2.05, 4.69) is 46.0 Å². The van der Waals surface area contributed by atoms with Crippen molar-refractivity contribution in [3.05, 3.63) is 66.2 Å². The van der Waals surface area contributed by atoms with E-state index in [0.29, 0.717) is 19.8 Å². The first-order valence-corrected chi connectivity index (χ1v) is 12.2. The van der Waals surface area contributed by atoms with Gasteiger partial charge in [-0.3, -0.25) is 0 Å². The van der Waals surface area contributed by atoms with E-state index in [4.69, 9.17) is 13.9 Å². The third kappa shape index (κ3) is 6.59. The molecule has 2 aromatic rings. The van der Waals surface area contributed by atoms with Crippen molar-refractivity contribution >= 4 is 8.32 Å². The number of ether oxygens (including phenoxy) is 2. The second-order valence-corrected chi connectivity index (χ2v) is 12.9. The van der Waals surface area contributed by atoms with Gasteiger partial charge in [0.05, 0.1) is 13.2 Å². The van der Waals surface area contributed by atoms with E-state index in [-0.39, 0.29) is 11.1 Å². The predicted octanol–water partition coefficient (Wildman–Crippen LogP) is 5.67. The Morgan fingerprint density at radius 2 is 1.42 bits per heavy atom. The molecule has 2 rings (SSSR count). The van der Waals surface area contributed by atoms with Crippen LogP contribution in [0.5, 0.6) is 5.75 Å². The van der Waals surface area contributed by atoms with Gasteiger partial charge in [0.2, 0.25) is 0 Å². The Kier molecular flexibility index (Phi) is 7.44. The number of benzene rings is 2. The van der Waals surface area contributed by atoms with Crippen LogP contribution in [0.3, 0.4) is 0 Å². The molecule has 142 valence electrons. The van der Waals surface area contributed by atoms with E-state index in [1.165, 1.54) is 5.56 Å². The van der Waals surface area contributed by atoms with Crippen LogP contribution in [0.4, 0.5) is 0 Å². The molecule has 0 aliphatic heterocycles. The Labute approximate surface area is 159 Å². The smallest absolute Gasteiger partial charge is 0.192 e. The fourth-order valence-electron chi connectivity index (χ4n) is 2.30. The average molecular weight is 373 g/mol. The fraction of sp³-hybridized carbons (Fsp3) is 0.455. The summed E-state index contributed by atoms with van der Waals surface area (Å²) in [6.07, 6.45) is -0.0835. The summed E-state index contributed by atoms with van der Waals surface area (Å²) in [6, 6.07) is 20.1. The molecule has 0 aliphatic rings. The lowest BCUT2D eigenvalue weighted by molar-refractivity contribution is 0.0119. The molecule has 26 heavy (non-hydrogen) atoms. The number of hydrogen-bond acceptors (Lipinski definition) is 3. The second-order valence-electron chi connectivity index (χ2n) is 8.12. The van der Waals surface area contributed by atoms with Gasteiger partial charge in [0.1, 0.15) is 18.5 Å². The van der Waals surface area contributed by atoms with Crippen molar-refractivity contribution in [2.75, 3.05) is 13.2 Å². The van der Waals surface area contributed by atoms with Crippen LogP contribution < -0.4 is 4.74 Å². The van der Waals surface area contributed by atoms with Gasteiger partial charge in [-0.05, 0) is 35.8 Å². The molecular weight excluding hydrogens is 340 g/mol. The molecule has 0 fully saturated rings. The first-order valence-electron chi connectivity index (χ1n) is 9.25. The highest BCUT2D eigenvalue weighted by molar-refractivity contribution is 6.74. The van der Waals surface area contributed by atoms with Crippen LogP contribution in [0.25, 0.3) is 0 Å². The Hall–Kier alpha value is -1.62. The molecule has 0 spiro atoms. The summed E-state index contributed by atoms with van der Waals surface area (Å²) >= 11 is 0. The van der Waals surface area contributed by atoms with E-state index < -0.39 is 8.32 Å². The van der Waals surface area contributed by atoms with Crippen LogP contribution >= 0.6 is 0 Å². The molecule has 1 unspecified atom stereocenters. The standard InChI is InChI=1S/C22H32O3Si/c1-22(2,3)26(4,5)25-21(18-24-20-14-10-7-11-15-20)17-23-16-19-12-8-6-9-13-19/h6-15,21H,16-18H2,1-5H3. The molecule has 2 aromatic carbocycles. The van der Waals surface area contributed by atoms with Gasteiger partial charge in [-0.2, -0.15) is 0 Å². The minimum absolute atomic E-state index is 0.0835. The molecule has 3 nitrogen and oxygen atoms in total. The maximum atomic E-state index is 6.55. The van der Waals surface area contributed by atoms with Gasteiger partial charge in [0.25, 0.3) is 0 Å². The maximum Gasteiger partial charge on any atom is 0.192 e. The Morgan fingerprint density at radius 3 is 2.00 bits per heavy atom. The number of rotatable bonds is 9. The van der Waals surface area contributed by atoms with E-state index in [0.717, 1.165) is 5.75 Å². The van der Waals surface area contributed by atoms with Gasteiger partial charge in [0, 0.05) is 0 Å². The van der Waals surface area contributed by atoms with Gasteiger partial charge in [-0.1, -0.05) is 69.3 Å². The lowest BCUT2D eigenvalue weighted by Gasteiger charge is -2.39. The van der Waals surface area contributed by atoms with Crippen molar-refractivity contribution in [1.29, 1.82) is 0 Å². The van der Waals surface area contributed by atoms with Crippen molar-refractivity contribution < 1.29 is 13.9 Å². The summed E-state index contributed by atoms with van der Waals surface area (Å²) in [4.78, 5) is 0. The van der Waals surface area contributed by atoms with Crippen LogP contribution in [0.1, 0.15) is 26.3 Å². The summed E-state index contributed by atoms with van der Waals surface area (Å²) < 4.78 is 18.4. The summed E-state index contributed by atoms with van der Waals surface area (Å²) in [5, 5.41) is 0.150. The summed E-state index contributed by atoms with van der Waals surface area (Å²) in [6.45, 7) is 12.9. The average Bonchev–Trinajstić information content (AvgIpc) is 2.60. The van der Waals surface area contributed by atoms with E-state index in [1.54, 1.807) is 0 Å². The van der Waals surface area contributed by atoms with Crippen LogP contribution in [0, 0.1) is 0 Å². The van der Waals surface area contributed by atoms with Crippen molar-refractivity contribution in [3.8, 4) is 5.75 Å². The molecule has 0 radical (unpaired) electrons. The van der Waals surface area contributed by atoms with Crippen LogP contribution in [0.15, 0.2) is 60.7 Å². The Bertz CT molecular complexity index is 635. The van der Waals surface area contributed by atoms with Gasteiger partial charge in [0.15, 0.2) is 8.32 Å². The molecule has 0 aliphatic carbocycles. The SMILES string of the molecule is CC(C)(C)[Si](C)(C)OC(COCc1ccccc1)COc1ccccc1. The van der Waals surface area contributed by atoms with Gasteiger partial charge in [-0.25, -0.2) is 0 Å². The summed E-state index contributed by atoms with van der Waals surface area (Å²) in [7, 11) is -1.90. The van der Waals surface area contributed by atoms with Gasteiger partial charge >= 0.3 is 0 Å². The van der Waals surface area contributed by atoms with Gasteiger partial charge < -0.3 is 13.9 Å². The molecular formula is C22H32O3Si. The topological polar surface area (TPSA) is 27.7 Å². The molecule has 4 heteroatoms. The van der Waals surface area contributed by atoms with Crippen molar-refractivity contribution in [2.45, 2.75) is 51.6 Å². The van der Waals surface area contributed by atoms with E-state index >= 15 is 0 Å². The van der Waals surface area contributed by atoms with Crippen LogP contribution in [-0.2, 0) is 15.8 Å². The molecule has 1 atom stereocenters.